The average molecular weight is 364 g/mol. The van der Waals surface area contributed by atoms with E-state index in [0.717, 1.165) is 10.9 Å². The summed E-state index contributed by atoms with van der Waals surface area (Å²) in [5.74, 6) is -0.428. The molecule has 3 heterocycles. The summed E-state index contributed by atoms with van der Waals surface area (Å²) < 4.78 is 12.3. The van der Waals surface area contributed by atoms with Crippen LogP contribution in [-0.2, 0) is 14.3 Å². The predicted molar refractivity (Wildman–Crippen MR) is 94.9 cm³/mol. The lowest BCUT2D eigenvalue weighted by Crippen LogP contribution is -2.24. The van der Waals surface area contributed by atoms with E-state index < -0.39 is 24.4 Å². The van der Waals surface area contributed by atoms with Crippen molar-refractivity contribution in [1.82, 2.24) is 14.5 Å². The van der Waals surface area contributed by atoms with Gasteiger partial charge in [0.2, 0.25) is 0 Å². The molecule has 0 amide bonds. The average Bonchev–Trinajstić information content (AvgIpc) is 3.22. The van der Waals surface area contributed by atoms with Gasteiger partial charge in [-0.25, -0.2) is 14.8 Å². The van der Waals surface area contributed by atoms with E-state index in [1.807, 2.05) is 0 Å². The Hall–Kier alpha value is -2.33. The Balaban J connectivity index is 0.00000117. The van der Waals surface area contributed by atoms with Crippen LogP contribution in [0, 0.1) is 0 Å². The van der Waals surface area contributed by atoms with Crippen molar-refractivity contribution < 1.29 is 24.5 Å². The van der Waals surface area contributed by atoms with E-state index >= 15 is 0 Å². The number of nitrogens with zero attached hydrogens (tertiary/aromatic N) is 3. The fourth-order valence-corrected chi connectivity index (χ4v) is 2.76. The van der Waals surface area contributed by atoms with Crippen molar-refractivity contribution in [2.24, 2.45) is 5.73 Å². The normalized spacial score (nSPS) is 22.4. The van der Waals surface area contributed by atoms with Crippen LogP contribution in [0.5, 0.6) is 0 Å². The molecule has 1 saturated heterocycles. The fraction of sp³-hybridized carbons (Fsp3) is 0.471. The first kappa shape index (κ1) is 20.0. The minimum atomic E-state index is -0.738. The molecule has 3 rings (SSSR count). The lowest BCUT2D eigenvalue weighted by molar-refractivity contribution is -0.137. The zero-order valence-corrected chi connectivity index (χ0v) is 14.8. The lowest BCUT2D eigenvalue weighted by atomic mass is 10.2. The van der Waals surface area contributed by atoms with Gasteiger partial charge in [0.15, 0.2) is 0 Å². The smallest absolute Gasteiger partial charge is 0.330 e. The maximum atomic E-state index is 11.5. The highest BCUT2D eigenvalue weighted by Crippen LogP contribution is 2.32. The Morgan fingerprint density at radius 3 is 2.96 bits per heavy atom. The summed E-state index contributed by atoms with van der Waals surface area (Å²) in [5, 5.41) is 19.9. The molecule has 0 radical (unpaired) electrons. The van der Waals surface area contributed by atoms with Gasteiger partial charge in [-0.3, -0.25) is 0 Å². The second-order valence-corrected chi connectivity index (χ2v) is 5.45. The molecule has 4 N–H and O–H groups in total. The highest BCUT2D eigenvalue weighted by atomic mass is 16.5. The van der Waals surface area contributed by atoms with Gasteiger partial charge in [0.1, 0.15) is 24.3 Å². The van der Waals surface area contributed by atoms with Crippen molar-refractivity contribution >= 4 is 23.1 Å². The van der Waals surface area contributed by atoms with Crippen molar-refractivity contribution in [3.63, 3.8) is 0 Å². The van der Waals surface area contributed by atoms with Crippen molar-refractivity contribution in [3.8, 4) is 0 Å². The molecular formula is C17H24N4O5. The van der Waals surface area contributed by atoms with E-state index in [4.69, 9.17) is 9.47 Å². The predicted octanol–water partition coefficient (Wildman–Crippen LogP) is 0.223. The Labute approximate surface area is 151 Å². The quantitative estimate of drug-likeness (QED) is 0.507. The van der Waals surface area contributed by atoms with Crippen LogP contribution in [0.2, 0.25) is 0 Å². The highest BCUT2D eigenvalue weighted by molar-refractivity contribution is 5.92. The molecule has 142 valence electrons. The number of fused-ring (bicyclic) bond motifs is 1. The number of aliphatic hydroxyl groups excluding tert-OH is 2. The van der Waals surface area contributed by atoms with Gasteiger partial charge in [0.25, 0.3) is 0 Å². The zero-order valence-electron chi connectivity index (χ0n) is 14.8. The largest absolute Gasteiger partial charge is 0.463 e. The first-order valence-corrected chi connectivity index (χ1v) is 8.31. The molecule has 1 aliphatic rings. The van der Waals surface area contributed by atoms with Gasteiger partial charge in [0, 0.05) is 35.8 Å². The van der Waals surface area contributed by atoms with Crippen LogP contribution in [0.15, 0.2) is 24.8 Å². The number of nitrogens with two attached hydrogens (primary N) is 1. The van der Waals surface area contributed by atoms with E-state index in [-0.39, 0.29) is 6.61 Å². The molecule has 0 aliphatic carbocycles. The van der Waals surface area contributed by atoms with Gasteiger partial charge in [-0.05, 0) is 20.0 Å². The standard InChI is InChI=1S/C16H19N3O5.CH5N/c1-2-23-15(22)4-3-10-7-19(16-11(10)6-17-9-18-16)14-5-12(21)13(8-20)24-14;1-2/h3-4,6-7,9,12-14,20-21H,2,5,8H2,1H3;2H2,1H3/b4-3+;/t12?,13?,14-;/m1./s1. The SMILES string of the molecule is CCOC(=O)/C=C/c1cn([C@H]2CC(O)C(CO)O2)c2ncncc12.CN. The zero-order chi connectivity index (χ0) is 19.1. The van der Waals surface area contributed by atoms with Crippen molar-refractivity contribution in [1.29, 1.82) is 0 Å². The molecule has 1 aliphatic heterocycles. The summed E-state index contributed by atoms with van der Waals surface area (Å²) in [4.78, 5) is 19.8. The van der Waals surface area contributed by atoms with Crippen LogP contribution < -0.4 is 5.73 Å². The van der Waals surface area contributed by atoms with Crippen molar-refractivity contribution in [2.75, 3.05) is 20.3 Å². The van der Waals surface area contributed by atoms with Gasteiger partial charge in [-0.1, -0.05) is 0 Å². The Morgan fingerprint density at radius 1 is 1.54 bits per heavy atom. The summed E-state index contributed by atoms with van der Waals surface area (Å²) in [6, 6.07) is 0. The molecule has 0 saturated carbocycles. The molecule has 0 aromatic carbocycles. The molecule has 0 bridgehead atoms. The third-order valence-corrected chi connectivity index (χ3v) is 3.90. The van der Waals surface area contributed by atoms with E-state index in [9.17, 15) is 15.0 Å². The Bertz CT molecular complexity index is 761. The van der Waals surface area contributed by atoms with Gasteiger partial charge < -0.3 is 30.0 Å². The van der Waals surface area contributed by atoms with Crippen molar-refractivity contribution in [2.45, 2.75) is 31.8 Å². The maximum Gasteiger partial charge on any atom is 0.330 e. The van der Waals surface area contributed by atoms with Gasteiger partial charge in [0.05, 0.1) is 19.3 Å². The van der Waals surface area contributed by atoms with Crippen molar-refractivity contribution in [3.05, 3.63) is 30.4 Å². The molecular weight excluding hydrogens is 340 g/mol. The number of rotatable bonds is 5. The summed E-state index contributed by atoms with van der Waals surface area (Å²) in [5.41, 5.74) is 5.87. The second kappa shape index (κ2) is 9.39. The minimum Gasteiger partial charge on any atom is -0.463 e. The van der Waals surface area contributed by atoms with E-state index in [1.54, 1.807) is 30.0 Å². The highest BCUT2D eigenvalue weighted by Gasteiger charge is 2.35. The third kappa shape index (κ3) is 4.25. The molecule has 2 aromatic heterocycles. The van der Waals surface area contributed by atoms with Gasteiger partial charge >= 0.3 is 5.97 Å². The fourth-order valence-electron chi connectivity index (χ4n) is 2.76. The second-order valence-electron chi connectivity index (χ2n) is 5.45. The van der Waals surface area contributed by atoms with Crippen LogP contribution in [0.25, 0.3) is 17.1 Å². The van der Waals surface area contributed by atoms with E-state index in [0.29, 0.717) is 18.7 Å². The maximum absolute atomic E-state index is 11.5. The monoisotopic (exact) mass is 364 g/mol. The number of aliphatic hydroxyl groups is 2. The van der Waals surface area contributed by atoms with E-state index in [1.165, 1.54) is 19.5 Å². The van der Waals surface area contributed by atoms with Crippen LogP contribution in [0.4, 0.5) is 0 Å². The van der Waals surface area contributed by atoms with Crippen LogP contribution in [-0.4, -0.2) is 63.2 Å². The Morgan fingerprint density at radius 2 is 2.31 bits per heavy atom. The molecule has 1 fully saturated rings. The first-order chi connectivity index (χ1) is 12.6. The van der Waals surface area contributed by atoms with Gasteiger partial charge in [-0.15, -0.1) is 0 Å². The van der Waals surface area contributed by atoms with E-state index in [2.05, 4.69) is 15.7 Å². The molecule has 2 aromatic rings. The van der Waals surface area contributed by atoms with Crippen LogP contribution in [0.3, 0.4) is 0 Å². The topological polar surface area (TPSA) is 133 Å². The number of ether oxygens (including phenoxy) is 2. The van der Waals surface area contributed by atoms with Crippen LogP contribution >= 0.6 is 0 Å². The molecule has 26 heavy (non-hydrogen) atoms. The number of aromatic nitrogens is 3. The molecule has 9 nitrogen and oxygen atoms in total. The molecule has 0 spiro atoms. The molecule has 2 unspecified atom stereocenters. The number of carbonyl (C=O) groups is 1. The number of esters is 1. The summed E-state index contributed by atoms with van der Waals surface area (Å²) in [6.45, 7) is 1.80. The third-order valence-electron chi connectivity index (χ3n) is 3.90. The molecule has 3 atom stereocenters. The molecule has 9 heteroatoms. The van der Waals surface area contributed by atoms with Gasteiger partial charge in [-0.2, -0.15) is 0 Å². The summed E-state index contributed by atoms with van der Waals surface area (Å²) >= 11 is 0. The van der Waals surface area contributed by atoms with Crippen LogP contribution in [0.1, 0.15) is 25.1 Å². The number of hydrogen-bond acceptors (Lipinski definition) is 8. The summed E-state index contributed by atoms with van der Waals surface area (Å²) in [6.07, 6.45) is 6.38. The number of carbonyl (C=O) groups excluding carboxylic acids is 1. The lowest BCUT2D eigenvalue weighted by Gasteiger charge is -2.14. The number of hydrogen-bond donors (Lipinski definition) is 3. The Kier molecular flexibility index (Phi) is 7.22. The minimum absolute atomic E-state index is 0.249. The first-order valence-electron chi connectivity index (χ1n) is 8.31. The summed E-state index contributed by atoms with van der Waals surface area (Å²) in [7, 11) is 1.50.